The van der Waals surface area contributed by atoms with Crippen molar-refractivity contribution in [2.75, 3.05) is 0 Å². The Morgan fingerprint density at radius 3 is 1.88 bits per heavy atom. The predicted octanol–water partition coefficient (Wildman–Crippen LogP) is 10.8. The highest BCUT2D eigenvalue weighted by Gasteiger charge is 2.52. The maximum atomic E-state index is 9.43. The topological polar surface area (TPSA) is 49.6 Å². The van der Waals surface area contributed by atoms with Gasteiger partial charge in [-0.1, -0.05) is 121 Å². The first-order valence-corrected chi connectivity index (χ1v) is 16.5. The molecule has 1 spiro atoms. The second-order valence-electron chi connectivity index (χ2n) is 12.8. The highest BCUT2D eigenvalue weighted by atomic mass is 14.8. The molecule has 10 rings (SSSR count). The van der Waals surface area contributed by atoms with Crippen molar-refractivity contribution in [3.63, 3.8) is 0 Å². The minimum Gasteiger partial charge on any atom is -0.255 e. The van der Waals surface area contributed by atoms with E-state index in [1.54, 1.807) is 18.3 Å². The molecule has 49 heavy (non-hydrogen) atoms. The van der Waals surface area contributed by atoms with Gasteiger partial charge in [-0.05, 0) is 102 Å². The first kappa shape index (κ1) is 27.5. The van der Waals surface area contributed by atoms with Gasteiger partial charge < -0.3 is 0 Å². The lowest BCUT2D eigenvalue weighted by molar-refractivity contribution is 0.795. The van der Waals surface area contributed by atoms with E-state index in [-0.39, 0.29) is 0 Å². The quantitative estimate of drug-likeness (QED) is 0.197. The van der Waals surface area contributed by atoms with Crippen LogP contribution in [0.25, 0.3) is 66.7 Å². The molecule has 0 amide bonds. The van der Waals surface area contributed by atoms with Crippen LogP contribution < -0.4 is 0 Å². The summed E-state index contributed by atoms with van der Waals surface area (Å²) in [5, 5.41) is 11.9. The molecule has 0 aliphatic heterocycles. The average Bonchev–Trinajstić information content (AvgIpc) is 3.65. The number of aromatic nitrogens is 2. The maximum absolute atomic E-state index is 9.43. The van der Waals surface area contributed by atoms with E-state index >= 15 is 0 Å². The molecule has 0 bridgehead atoms. The first-order valence-electron chi connectivity index (χ1n) is 16.5. The van der Waals surface area contributed by atoms with Gasteiger partial charge in [-0.2, -0.15) is 5.26 Å². The van der Waals surface area contributed by atoms with Gasteiger partial charge in [0.15, 0.2) is 0 Å². The van der Waals surface area contributed by atoms with Crippen LogP contribution in [-0.2, 0) is 5.41 Å². The van der Waals surface area contributed by atoms with Crippen molar-refractivity contribution in [2.24, 2.45) is 0 Å². The van der Waals surface area contributed by atoms with Crippen LogP contribution in [0, 0.1) is 11.3 Å². The summed E-state index contributed by atoms with van der Waals surface area (Å²) in [5.74, 6) is 0. The zero-order chi connectivity index (χ0) is 32.5. The molecule has 0 radical (unpaired) electrons. The largest absolute Gasteiger partial charge is 0.255 e. The Hall–Kier alpha value is -6.63. The van der Waals surface area contributed by atoms with Crippen molar-refractivity contribution < 1.29 is 0 Å². The summed E-state index contributed by atoms with van der Waals surface area (Å²) in [6.45, 7) is 0. The molecule has 0 fully saturated rings. The number of rotatable bonds is 3. The number of nitriles is 1. The molecule has 0 saturated heterocycles. The number of nitrogens with zero attached hydrogens (tertiary/aromatic N) is 3. The van der Waals surface area contributed by atoms with E-state index in [2.05, 4.69) is 145 Å². The van der Waals surface area contributed by atoms with Gasteiger partial charge in [-0.3, -0.25) is 9.97 Å². The molecule has 3 heteroatoms. The van der Waals surface area contributed by atoms with Crippen LogP contribution in [-0.4, -0.2) is 9.97 Å². The first-order chi connectivity index (χ1) is 24.3. The Balaban J connectivity index is 1.28. The van der Waals surface area contributed by atoms with Gasteiger partial charge in [0.25, 0.3) is 0 Å². The van der Waals surface area contributed by atoms with Crippen molar-refractivity contribution in [3.05, 3.63) is 192 Å². The molecule has 0 unspecified atom stereocenters. The van der Waals surface area contributed by atoms with Gasteiger partial charge in [0.2, 0.25) is 0 Å². The molecule has 8 aromatic rings. The van der Waals surface area contributed by atoms with Gasteiger partial charge in [-0.25, -0.2) is 0 Å². The molecular formula is C46H27N3. The Morgan fingerprint density at radius 2 is 1.14 bits per heavy atom. The zero-order valence-corrected chi connectivity index (χ0v) is 26.4. The number of pyridine rings is 2. The second kappa shape index (κ2) is 10.4. The highest BCUT2D eigenvalue weighted by Crippen LogP contribution is 2.64. The molecule has 0 atom stereocenters. The predicted molar refractivity (Wildman–Crippen MR) is 197 cm³/mol. The van der Waals surface area contributed by atoms with Crippen LogP contribution in [0.1, 0.15) is 27.8 Å². The fraction of sp³-hybridized carbons (Fsp3) is 0.0217. The molecule has 0 saturated carbocycles. The molecule has 2 heterocycles. The molecular weight excluding hydrogens is 595 g/mol. The van der Waals surface area contributed by atoms with Crippen molar-refractivity contribution in [2.45, 2.75) is 5.41 Å². The third-order valence-electron chi connectivity index (χ3n) is 10.4. The Kier molecular flexibility index (Phi) is 5.85. The van der Waals surface area contributed by atoms with Gasteiger partial charge in [-0.15, -0.1) is 0 Å². The van der Waals surface area contributed by atoms with Crippen molar-refractivity contribution in [3.8, 4) is 62.0 Å². The Labute approximate surface area is 284 Å². The minimum absolute atomic E-state index is 0.490. The normalized spacial score (nSPS) is 13.0. The highest BCUT2D eigenvalue weighted by molar-refractivity contribution is 6.11. The summed E-state index contributed by atoms with van der Waals surface area (Å²) < 4.78 is 0. The van der Waals surface area contributed by atoms with Gasteiger partial charge in [0, 0.05) is 18.0 Å². The number of hydrogen-bond donors (Lipinski definition) is 0. The van der Waals surface area contributed by atoms with Crippen LogP contribution in [0.3, 0.4) is 0 Å². The summed E-state index contributed by atoms with van der Waals surface area (Å²) in [7, 11) is 0. The molecule has 2 aliphatic carbocycles. The summed E-state index contributed by atoms with van der Waals surface area (Å²) in [6, 6.07) is 56.8. The van der Waals surface area contributed by atoms with Gasteiger partial charge in [0.05, 0.1) is 28.4 Å². The smallest absolute Gasteiger partial charge is 0.0992 e. The third kappa shape index (κ3) is 3.83. The molecule has 3 nitrogen and oxygen atoms in total. The maximum Gasteiger partial charge on any atom is 0.0992 e. The summed E-state index contributed by atoms with van der Waals surface area (Å²) in [4.78, 5) is 9.36. The third-order valence-corrected chi connectivity index (χ3v) is 10.4. The molecule has 2 aliphatic rings. The zero-order valence-electron chi connectivity index (χ0n) is 26.4. The summed E-state index contributed by atoms with van der Waals surface area (Å²) in [6.07, 6.45) is 3.61. The van der Waals surface area contributed by atoms with E-state index in [1.807, 2.05) is 12.3 Å². The van der Waals surface area contributed by atoms with Crippen LogP contribution >= 0.6 is 0 Å². The van der Waals surface area contributed by atoms with E-state index < -0.39 is 5.41 Å². The van der Waals surface area contributed by atoms with Gasteiger partial charge >= 0.3 is 0 Å². The van der Waals surface area contributed by atoms with Crippen molar-refractivity contribution in [1.82, 2.24) is 9.97 Å². The second-order valence-corrected chi connectivity index (χ2v) is 12.8. The van der Waals surface area contributed by atoms with E-state index in [0.717, 1.165) is 16.8 Å². The van der Waals surface area contributed by atoms with E-state index in [0.29, 0.717) is 11.3 Å². The lowest BCUT2D eigenvalue weighted by atomic mass is 9.69. The van der Waals surface area contributed by atoms with Crippen LogP contribution in [0.15, 0.2) is 164 Å². The van der Waals surface area contributed by atoms with Gasteiger partial charge in [0.1, 0.15) is 0 Å². The molecule has 0 N–H and O–H groups in total. The fourth-order valence-electron chi connectivity index (χ4n) is 8.39. The SMILES string of the molecule is N#Cc1ccnc(-c2ccc(-c3cc4c(c5ccccc35)-c3ccc(-c5ccccc5)cc3C43c4ccccc4-c4ccccc43)cn2)c1. The van der Waals surface area contributed by atoms with Crippen molar-refractivity contribution >= 4 is 10.8 Å². The molecule has 2 aromatic heterocycles. The number of benzene rings is 6. The summed E-state index contributed by atoms with van der Waals surface area (Å²) in [5.41, 5.74) is 16.5. The van der Waals surface area contributed by atoms with Crippen LogP contribution in [0.2, 0.25) is 0 Å². The van der Waals surface area contributed by atoms with Crippen LogP contribution in [0.5, 0.6) is 0 Å². The van der Waals surface area contributed by atoms with Crippen molar-refractivity contribution in [1.29, 1.82) is 5.26 Å². The molecule has 6 aromatic carbocycles. The Morgan fingerprint density at radius 1 is 0.449 bits per heavy atom. The summed E-state index contributed by atoms with van der Waals surface area (Å²) >= 11 is 0. The van der Waals surface area contributed by atoms with Crippen LogP contribution in [0.4, 0.5) is 0 Å². The number of hydrogen-bond acceptors (Lipinski definition) is 3. The standard InChI is InChI=1S/C46H27N3/c47-27-29-22-23-48-44(24-29)43-21-19-32(28-49-43)38-26-42-45(36-15-5-4-12-33(36)38)37-20-18-31(30-10-2-1-3-11-30)25-41(37)46(42)39-16-8-6-13-34(39)35-14-7-9-17-40(35)46/h1-26,28H. The Bertz CT molecular complexity index is 2620. The minimum atomic E-state index is -0.490. The lowest BCUT2D eigenvalue weighted by Gasteiger charge is -2.31. The van der Waals surface area contributed by atoms with E-state index in [4.69, 9.17) is 4.98 Å². The monoisotopic (exact) mass is 621 g/mol. The average molecular weight is 622 g/mol. The number of fused-ring (bicyclic) bond motifs is 12. The fourth-order valence-corrected chi connectivity index (χ4v) is 8.39. The molecule has 226 valence electrons. The van der Waals surface area contributed by atoms with E-state index in [9.17, 15) is 5.26 Å². The lowest BCUT2D eigenvalue weighted by Crippen LogP contribution is -2.26. The van der Waals surface area contributed by atoms with E-state index in [1.165, 1.54) is 66.4 Å².